The van der Waals surface area contributed by atoms with E-state index in [4.69, 9.17) is 9.26 Å². The van der Waals surface area contributed by atoms with Gasteiger partial charge in [-0.2, -0.15) is 4.72 Å². The molecule has 0 spiro atoms. The lowest BCUT2D eigenvalue weighted by Crippen LogP contribution is -2.39. The summed E-state index contributed by atoms with van der Waals surface area (Å²) in [5.41, 5.74) is 0.199. The molecule has 25 heavy (non-hydrogen) atoms. The Morgan fingerprint density at radius 3 is 2.52 bits per heavy atom. The van der Waals surface area contributed by atoms with Crippen molar-refractivity contribution in [1.29, 1.82) is 0 Å². The average Bonchev–Trinajstić information content (AvgIpc) is 2.91. The van der Waals surface area contributed by atoms with E-state index >= 15 is 0 Å². The molecule has 0 aromatic carbocycles. The summed E-state index contributed by atoms with van der Waals surface area (Å²) in [4.78, 5) is 23.3. The van der Waals surface area contributed by atoms with Crippen LogP contribution in [0, 0.1) is 13.8 Å². The molecule has 1 aromatic heterocycles. The summed E-state index contributed by atoms with van der Waals surface area (Å²) in [6, 6.07) is 0.123. The van der Waals surface area contributed by atoms with Gasteiger partial charge in [0.1, 0.15) is 17.1 Å². The topological polar surface area (TPSA) is 128 Å². The van der Waals surface area contributed by atoms with E-state index in [9.17, 15) is 18.0 Å². The second kappa shape index (κ2) is 8.43. The van der Waals surface area contributed by atoms with E-state index in [1.165, 1.54) is 20.3 Å². The zero-order valence-corrected chi connectivity index (χ0v) is 15.1. The Bertz CT molecular complexity index is 702. The van der Waals surface area contributed by atoms with Crippen LogP contribution in [-0.4, -0.2) is 44.6 Å². The highest BCUT2D eigenvalue weighted by Crippen LogP contribution is 2.18. The number of hydrogen-bond donors (Lipinski definition) is 2. The third kappa shape index (κ3) is 5.53. The molecule has 0 bridgehead atoms. The van der Waals surface area contributed by atoms with Crippen molar-refractivity contribution in [2.24, 2.45) is 0 Å². The molecular formula is C15H23N3O6S. The molecule has 9 nitrogen and oxygen atoms in total. The summed E-state index contributed by atoms with van der Waals surface area (Å²) < 4.78 is 36.0. The molecular weight excluding hydrogens is 350 g/mol. The summed E-state index contributed by atoms with van der Waals surface area (Å²) in [5.74, 6) is -1.09. The van der Waals surface area contributed by atoms with E-state index in [2.05, 4.69) is 15.2 Å². The smallest absolute Gasteiger partial charge is 0.321 e. The molecule has 0 radical (unpaired) electrons. The van der Waals surface area contributed by atoms with Crippen LogP contribution < -0.4 is 10.0 Å². The zero-order chi connectivity index (χ0) is 18.4. The number of nitrogens with zero attached hydrogens (tertiary/aromatic N) is 1. The minimum Gasteiger partial charge on any atom is -0.455 e. The van der Waals surface area contributed by atoms with Gasteiger partial charge in [0.25, 0.3) is 5.91 Å². The van der Waals surface area contributed by atoms with Crippen LogP contribution in [0.4, 0.5) is 0 Å². The van der Waals surface area contributed by atoms with Gasteiger partial charge in [-0.1, -0.05) is 24.4 Å². The van der Waals surface area contributed by atoms with Crippen LogP contribution in [0.3, 0.4) is 0 Å². The highest BCUT2D eigenvalue weighted by Gasteiger charge is 2.25. The minimum atomic E-state index is -3.94. The van der Waals surface area contributed by atoms with Crippen molar-refractivity contribution in [2.45, 2.75) is 56.9 Å². The van der Waals surface area contributed by atoms with Gasteiger partial charge in [-0.25, -0.2) is 8.42 Å². The minimum absolute atomic E-state index is 0.102. The van der Waals surface area contributed by atoms with Gasteiger partial charge in [-0.05, 0) is 26.7 Å². The second-order valence-corrected chi connectivity index (χ2v) is 7.74. The molecule has 0 unspecified atom stereocenters. The van der Waals surface area contributed by atoms with Gasteiger partial charge in [-0.15, -0.1) is 0 Å². The van der Waals surface area contributed by atoms with Crippen molar-refractivity contribution in [1.82, 2.24) is 15.2 Å². The van der Waals surface area contributed by atoms with Crippen LogP contribution in [0.2, 0.25) is 0 Å². The zero-order valence-electron chi connectivity index (χ0n) is 14.3. The summed E-state index contributed by atoms with van der Waals surface area (Å²) in [6.07, 6.45) is 5.18. The maximum absolute atomic E-state index is 12.1. The molecule has 1 aliphatic carbocycles. The predicted octanol–water partition coefficient (Wildman–Crippen LogP) is 0.562. The molecule has 1 fully saturated rings. The number of ether oxygens (including phenoxy) is 1. The number of aromatic nitrogens is 1. The molecule has 0 saturated heterocycles. The first-order chi connectivity index (χ1) is 11.8. The number of aryl methyl sites for hydroxylation is 2. The lowest BCUT2D eigenvalue weighted by atomic mass is 9.95. The van der Waals surface area contributed by atoms with E-state index in [0.29, 0.717) is 0 Å². The van der Waals surface area contributed by atoms with E-state index in [1.54, 1.807) is 0 Å². The Morgan fingerprint density at radius 1 is 1.24 bits per heavy atom. The van der Waals surface area contributed by atoms with Crippen LogP contribution in [0.5, 0.6) is 0 Å². The van der Waals surface area contributed by atoms with Gasteiger partial charge in [0, 0.05) is 6.04 Å². The number of hydrogen-bond acceptors (Lipinski definition) is 7. The van der Waals surface area contributed by atoms with Crippen molar-refractivity contribution in [3.63, 3.8) is 0 Å². The van der Waals surface area contributed by atoms with Gasteiger partial charge in [0.15, 0.2) is 12.4 Å². The molecule has 1 aromatic rings. The Balaban J connectivity index is 1.75. The lowest BCUT2D eigenvalue weighted by Gasteiger charge is -2.22. The number of sulfonamides is 1. The number of nitrogens with one attached hydrogen (secondary N) is 2. The highest BCUT2D eigenvalue weighted by atomic mass is 32.2. The van der Waals surface area contributed by atoms with Gasteiger partial charge in [-0.3, -0.25) is 9.59 Å². The number of amides is 1. The van der Waals surface area contributed by atoms with Crippen molar-refractivity contribution < 1.29 is 27.3 Å². The van der Waals surface area contributed by atoms with E-state index < -0.39 is 29.1 Å². The molecule has 1 amide bonds. The molecule has 1 aliphatic rings. The molecule has 140 valence electrons. The number of esters is 1. The molecule has 1 saturated carbocycles. The Hall–Kier alpha value is -1.94. The van der Waals surface area contributed by atoms with Gasteiger partial charge in [0.2, 0.25) is 10.0 Å². The first-order valence-electron chi connectivity index (χ1n) is 8.17. The molecule has 10 heteroatoms. The lowest BCUT2D eigenvalue weighted by molar-refractivity contribution is -0.147. The van der Waals surface area contributed by atoms with E-state index in [0.717, 1.165) is 25.7 Å². The van der Waals surface area contributed by atoms with Crippen molar-refractivity contribution in [2.75, 3.05) is 13.2 Å². The third-order valence-corrected chi connectivity index (χ3v) is 5.62. The largest absolute Gasteiger partial charge is 0.455 e. The first kappa shape index (κ1) is 19.4. The SMILES string of the molecule is Cc1noc(C)c1S(=O)(=O)NCC(=O)OCC(=O)NC1CCCCC1. The van der Waals surface area contributed by atoms with Gasteiger partial charge < -0.3 is 14.6 Å². The number of carbonyl (C=O) groups excluding carboxylic acids is 2. The fraction of sp³-hybridized carbons (Fsp3) is 0.667. The Morgan fingerprint density at radius 2 is 1.92 bits per heavy atom. The first-order valence-corrected chi connectivity index (χ1v) is 9.65. The summed E-state index contributed by atoms with van der Waals surface area (Å²) in [6.45, 7) is 1.94. The van der Waals surface area contributed by atoms with Gasteiger partial charge >= 0.3 is 5.97 Å². The normalized spacial score (nSPS) is 15.8. The Labute approximate surface area is 146 Å². The van der Waals surface area contributed by atoms with Crippen molar-refractivity contribution in [3.05, 3.63) is 11.5 Å². The molecule has 0 atom stereocenters. The maximum Gasteiger partial charge on any atom is 0.321 e. The maximum atomic E-state index is 12.1. The number of carbonyl (C=O) groups is 2. The highest BCUT2D eigenvalue weighted by molar-refractivity contribution is 7.89. The second-order valence-electron chi connectivity index (χ2n) is 6.04. The predicted molar refractivity (Wildman–Crippen MR) is 87.1 cm³/mol. The number of rotatable bonds is 7. The monoisotopic (exact) mass is 373 g/mol. The van der Waals surface area contributed by atoms with Crippen LogP contribution >= 0.6 is 0 Å². The van der Waals surface area contributed by atoms with Crippen LogP contribution in [0.1, 0.15) is 43.6 Å². The molecule has 0 aliphatic heterocycles. The fourth-order valence-corrected chi connectivity index (χ4v) is 4.09. The van der Waals surface area contributed by atoms with Crippen LogP contribution in [0.15, 0.2) is 9.42 Å². The van der Waals surface area contributed by atoms with Crippen molar-refractivity contribution >= 4 is 21.9 Å². The van der Waals surface area contributed by atoms with Crippen molar-refractivity contribution in [3.8, 4) is 0 Å². The van der Waals surface area contributed by atoms with E-state index in [-0.39, 0.29) is 28.3 Å². The molecule has 2 N–H and O–H groups in total. The Kier molecular flexibility index (Phi) is 6.54. The standard InChI is InChI=1S/C15H23N3O6S/c1-10-15(11(2)24-18-10)25(21,22)16-8-14(20)23-9-13(19)17-12-6-4-3-5-7-12/h12,16H,3-9H2,1-2H3,(H,17,19). The van der Waals surface area contributed by atoms with Crippen LogP contribution in [0.25, 0.3) is 0 Å². The summed E-state index contributed by atoms with van der Waals surface area (Å²) in [7, 11) is -3.94. The average molecular weight is 373 g/mol. The molecule has 1 heterocycles. The third-order valence-electron chi connectivity index (χ3n) is 3.98. The van der Waals surface area contributed by atoms with Gasteiger partial charge in [0.05, 0.1) is 0 Å². The van der Waals surface area contributed by atoms with Crippen LogP contribution in [-0.2, 0) is 24.3 Å². The van der Waals surface area contributed by atoms with E-state index in [1.807, 2.05) is 0 Å². The molecule has 2 rings (SSSR count). The summed E-state index contributed by atoms with van der Waals surface area (Å²) in [5, 5.41) is 6.37. The summed E-state index contributed by atoms with van der Waals surface area (Å²) >= 11 is 0. The quantitative estimate of drug-likeness (QED) is 0.668. The fourth-order valence-electron chi connectivity index (χ4n) is 2.80.